The van der Waals surface area contributed by atoms with Crippen molar-refractivity contribution in [3.8, 4) is 5.75 Å². The number of carbonyl (C=O) groups excluding carboxylic acids is 1. The van der Waals surface area contributed by atoms with E-state index in [-0.39, 0.29) is 11.5 Å². The van der Waals surface area contributed by atoms with Crippen molar-refractivity contribution in [1.82, 2.24) is 4.90 Å². The van der Waals surface area contributed by atoms with Gasteiger partial charge in [-0.25, -0.2) is 4.39 Å². The third-order valence-corrected chi connectivity index (χ3v) is 3.44. The van der Waals surface area contributed by atoms with E-state index >= 15 is 0 Å². The lowest BCUT2D eigenvalue weighted by molar-refractivity contribution is 0.0769. The molecule has 0 heterocycles. The Balaban J connectivity index is 1.92. The highest BCUT2D eigenvalue weighted by Crippen LogP contribution is 2.17. The van der Waals surface area contributed by atoms with Crippen LogP contribution in [0.15, 0.2) is 53.0 Å². The average molecular weight is 352 g/mol. The maximum Gasteiger partial charge on any atom is 0.256 e. The molecule has 110 valence electrons. The molecule has 0 unspecified atom stereocenters. The predicted molar refractivity (Wildman–Crippen MR) is 83.0 cm³/mol. The first kappa shape index (κ1) is 15.5. The van der Waals surface area contributed by atoms with Gasteiger partial charge < -0.3 is 9.64 Å². The predicted octanol–water partition coefficient (Wildman–Crippen LogP) is 3.74. The van der Waals surface area contributed by atoms with Crippen LogP contribution in [0.25, 0.3) is 0 Å². The molecule has 21 heavy (non-hydrogen) atoms. The van der Waals surface area contributed by atoms with Gasteiger partial charge in [-0.3, -0.25) is 4.79 Å². The second-order valence-electron chi connectivity index (χ2n) is 4.51. The van der Waals surface area contributed by atoms with Crippen LogP contribution in [0.5, 0.6) is 5.75 Å². The summed E-state index contributed by atoms with van der Waals surface area (Å²) in [6.45, 7) is 0.724. The van der Waals surface area contributed by atoms with Gasteiger partial charge >= 0.3 is 0 Å². The second kappa shape index (κ2) is 7.22. The van der Waals surface area contributed by atoms with Crippen LogP contribution in [0, 0.1) is 5.82 Å². The van der Waals surface area contributed by atoms with E-state index in [2.05, 4.69) is 15.9 Å². The number of rotatable bonds is 5. The molecule has 2 rings (SSSR count). The lowest BCUT2D eigenvalue weighted by Crippen LogP contribution is -2.31. The third-order valence-electron chi connectivity index (χ3n) is 2.94. The molecule has 0 aliphatic heterocycles. The molecule has 1 amide bonds. The first-order valence-electron chi connectivity index (χ1n) is 6.46. The fourth-order valence-electron chi connectivity index (χ4n) is 1.79. The molecule has 0 bridgehead atoms. The van der Waals surface area contributed by atoms with Gasteiger partial charge in [0.25, 0.3) is 5.91 Å². The molecule has 0 aliphatic carbocycles. The number of halogens is 2. The Bertz CT molecular complexity index is 619. The van der Waals surface area contributed by atoms with E-state index in [0.29, 0.717) is 17.6 Å². The third kappa shape index (κ3) is 4.29. The van der Waals surface area contributed by atoms with Gasteiger partial charge in [0.2, 0.25) is 0 Å². The Morgan fingerprint density at radius 3 is 2.67 bits per heavy atom. The molecule has 0 fully saturated rings. The van der Waals surface area contributed by atoms with Crippen molar-refractivity contribution in [2.45, 2.75) is 0 Å². The van der Waals surface area contributed by atoms with Gasteiger partial charge in [-0.2, -0.15) is 0 Å². The Morgan fingerprint density at radius 2 is 1.95 bits per heavy atom. The lowest BCUT2D eigenvalue weighted by Gasteiger charge is -2.18. The van der Waals surface area contributed by atoms with Crippen LogP contribution in [0.4, 0.5) is 4.39 Å². The van der Waals surface area contributed by atoms with Crippen molar-refractivity contribution in [3.63, 3.8) is 0 Å². The molecule has 0 N–H and O–H groups in total. The van der Waals surface area contributed by atoms with Gasteiger partial charge in [-0.15, -0.1) is 0 Å². The average Bonchev–Trinajstić information content (AvgIpc) is 2.50. The molecule has 0 spiro atoms. The van der Waals surface area contributed by atoms with Crippen molar-refractivity contribution in [2.24, 2.45) is 0 Å². The largest absolute Gasteiger partial charge is 0.492 e. The number of hydrogen-bond donors (Lipinski definition) is 0. The van der Waals surface area contributed by atoms with E-state index in [1.165, 1.54) is 17.0 Å². The van der Waals surface area contributed by atoms with Gasteiger partial charge in [0, 0.05) is 11.5 Å². The van der Waals surface area contributed by atoms with Gasteiger partial charge in [0.05, 0.1) is 12.1 Å². The quantitative estimate of drug-likeness (QED) is 0.821. The summed E-state index contributed by atoms with van der Waals surface area (Å²) < 4.78 is 19.9. The fourth-order valence-corrected chi connectivity index (χ4v) is 2.15. The van der Waals surface area contributed by atoms with Crippen molar-refractivity contribution < 1.29 is 13.9 Å². The zero-order chi connectivity index (χ0) is 15.2. The number of benzene rings is 2. The molecule has 0 aliphatic rings. The summed E-state index contributed by atoms with van der Waals surface area (Å²) in [5.41, 5.74) is 0.0478. The highest BCUT2D eigenvalue weighted by molar-refractivity contribution is 9.10. The normalized spacial score (nSPS) is 10.2. The second-order valence-corrected chi connectivity index (χ2v) is 5.43. The van der Waals surface area contributed by atoms with Crippen LogP contribution < -0.4 is 4.74 Å². The molecular formula is C16H15BrFNO2. The maximum absolute atomic E-state index is 13.7. The summed E-state index contributed by atoms with van der Waals surface area (Å²) in [5, 5.41) is 0. The van der Waals surface area contributed by atoms with Gasteiger partial charge in [-0.05, 0) is 30.3 Å². The van der Waals surface area contributed by atoms with Crippen LogP contribution in [0.3, 0.4) is 0 Å². The minimum atomic E-state index is -0.529. The summed E-state index contributed by atoms with van der Waals surface area (Å²) in [7, 11) is 1.62. The number of likely N-dealkylation sites (N-methyl/N-ethyl adjacent to an activating group) is 1. The van der Waals surface area contributed by atoms with E-state index in [4.69, 9.17) is 4.74 Å². The van der Waals surface area contributed by atoms with Crippen LogP contribution in [0.2, 0.25) is 0 Å². The summed E-state index contributed by atoms with van der Waals surface area (Å²) >= 11 is 3.23. The zero-order valence-corrected chi connectivity index (χ0v) is 13.1. The summed E-state index contributed by atoms with van der Waals surface area (Å²) in [5.74, 6) is -0.156. The first-order chi connectivity index (χ1) is 10.1. The fraction of sp³-hybridized carbons (Fsp3) is 0.188. The molecule has 0 saturated heterocycles. The maximum atomic E-state index is 13.7. The first-order valence-corrected chi connectivity index (χ1v) is 7.25. The lowest BCUT2D eigenvalue weighted by atomic mass is 10.2. The molecule has 0 radical (unpaired) electrons. The number of nitrogens with zero attached hydrogens (tertiary/aromatic N) is 1. The van der Waals surface area contributed by atoms with Crippen molar-refractivity contribution in [2.75, 3.05) is 20.2 Å². The van der Waals surface area contributed by atoms with E-state index < -0.39 is 5.82 Å². The number of hydrogen-bond acceptors (Lipinski definition) is 2. The minimum Gasteiger partial charge on any atom is -0.492 e. The number of para-hydroxylation sites is 1. The number of ether oxygens (including phenoxy) is 1. The Morgan fingerprint density at radius 1 is 1.24 bits per heavy atom. The van der Waals surface area contributed by atoms with E-state index in [1.54, 1.807) is 13.1 Å². The highest BCUT2D eigenvalue weighted by atomic mass is 79.9. The smallest absolute Gasteiger partial charge is 0.256 e. The molecule has 0 aromatic heterocycles. The Labute approximate surface area is 131 Å². The molecule has 0 saturated carbocycles. The van der Waals surface area contributed by atoms with Crippen molar-refractivity contribution in [1.29, 1.82) is 0 Å². The van der Waals surface area contributed by atoms with Crippen molar-refractivity contribution >= 4 is 21.8 Å². The van der Waals surface area contributed by atoms with E-state index in [1.807, 2.05) is 30.3 Å². The topological polar surface area (TPSA) is 29.5 Å². The van der Waals surface area contributed by atoms with E-state index in [9.17, 15) is 9.18 Å². The highest BCUT2D eigenvalue weighted by Gasteiger charge is 2.16. The molecule has 0 atom stereocenters. The SMILES string of the molecule is CN(CCOc1ccccc1)C(=O)c1cc(Br)ccc1F. The van der Waals surface area contributed by atoms with Crippen molar-refractivity contribution in [3.05, 3.63) is 64.4 Å². The number of carbonyl (C=O) groups is 1. The molecule has 3 nitrogen and oxygen atoms in total. The van der Waals surface area contributed by atoms with Gasteiger partial charge in [0.15, 0.2) is 0 Å². The summed E-state index contributed by atoms with van der Waals surface area (Å²) in [6.07, 6.45) is 0. The summed E-state index contributed by atoms with van der Waals surface area (Å²) in [6, 6.07) is 13.6. The standard InChI is InChI=1S/C16H15BrFNO2/c1-19(9-10-21-13-5-3-2-4-6-13)16(20)14-11-12(17)7-8-15(14)18/h2-8,11H,9-10H2,1H3. The Kier molecular flexibility index (Phi) is 5.33. The number of amides is 1. The van der Waals surface area contributed by atoms with Crippen LogP contribution >= 0.6 is 15.9 Å². The molecule has 2 aromatic carbocycles. The van der Waals surface area contributed by atoms with Gasteiger partial charge in [-0.1, -0.05) is 34.1 Å². The van der Waals surface area contributed by atoms with Crippen LogP contribution in [0.1, 0.15) is 10.4 Å². The molecule has 2 aromatic rings. The van der Waals surface area contributed by atoms with Gasteiger partial charge in [0.1, 0.15) is 18.2 Å². The molecule has 5 heteroatoms. The van der Waals surface area contributed by atoms with Crippen LogP contribution in [-0.4, -0.2) is 31.0 Å². The minimum absolute atomic E-state index is 0.0478. The monoisotopic (exact) mass is 351 g/mol. The Hall–Kier alpha value is -1.88. The van der Waals surface area contributed by atoms with Crippen LogP contribution in [-0.2, 0) is 0 Å². The zero-order valence-electron chi connectivity index (χ0n) is 11.6. The van der Waals surface area contributed by atoms with E-state index in [0.717, 1.165) is 5.75 Å². The summed E-state index contributed by atoms with van der Waals surface area (Å²) in [4.78, 5) is 13.6. The molecular weight excluding hydrogens is 337 g/mol.